The standard InChI is InChI=1S/C52H48N2O11/c1-9-62-44-31-45(59-6)42(29-33(44)3)51(57)64-40-25-17-36(18-26-40)49(55)53(4)38-21-13-34(14-22-38)11-12-35-15-23-39(24-16-35)54(5)50(56)37-19-27-41(28-20-37)65-52(58)43-30-47(61-8)48(63-10-2)32-46(43)60-7/h13-32H,9-10H2,1-8H3. The number of aryl methyl sites for hydroxylation is 1. The van der Waals surface area contributed by atoms with Crippen LogP contribution in [-0.4, -0.2) is 72.4 Å². The van der Waals surface area contributed by atoms with Gasteiger partial charge in [0.1, 0.15) is 39.9 Å². The Kier molecular flexibility index (Phi) is 15.1. The number of nitrogens with zero attached hydrogens (tertiary/aromatic N) is 2. The number of carbonyl (C=O) groups is 4. The lowest BCUT2D eigenvalue weighted by Gasteiger charge is -2.18. The number of amides is 2. The Labute approximate surface area is 378 Å². The lowest BCUT2D eigenvalue weighted by Crippen LogP contribution is -2.26. The SMILES string of the molecule is CCOc1cc(OC)c(C(=O)Oc2ccc(C(=O)N(C)c3ccc(C#Cc4ccc(N(C)C(=O)c5ccc(OC(=O)c6cc(OC)c(OCC)cc6OC)cc5)cc4)cc3)cc2)cc1C. The Balaban J connectivity index is 1.02. The van der Waals surface area contributed by atoms with Gasteiger partial charge in [0.15, 0.2) is 11.5 Å². The highest BCUT2D eigenvalue weighted by Gasteiger charge is 2.22. The molecule has 0 atom stereocenters. The summed E-state index contributed by atoms with van der Waals surface area (Å²) in [5, 5.41) is 0. The van der Waals surface area contributed by atoms with Crippen LogP contribution < -0.4 is 43.0 Å². The summed E-state index contributed by atoms with van der Waals surface area (Å²) in [7, 11) is 7.73. The average molecular weight is 877 g/mol. The van der Waals surface area contributed by atoms with Crippen molar-refractivity contribution in [3.05, 3.63) is 160 Å². The second kappa shape index (κ2) is 21.2. The van der Waals surface area contributed by atoms with Crippen LogP contribution in [0.25, 0.3) is 0 Å². The fourth-order valence-corrected chi connectivity index (χ4v) is 6.56. The maximum Gasteiger partial charge on any atom is 0.347 e. The molecule has 0 N–H and O–H groups in total. The molecular weight excluding hydrogens is 829 g/mol. The number of methoxy groups -OCH3 is 3. The number of anilines is 2. The van der Waals surface area contributed by atoms with Gasteiger partial charge in [0, 0.05) is 65.9 Å². The smallest absolute Gasteiger partial charge is 0.347 e. The molecule has 13 heteroatoms. The molecule has 0 bridgehead atoms. The Morgan fingerprint density at radius 1 is 0.477 bits per heavy atom. The first-order valence-corrected chi connectivity index (χ1v) is 20.5. The van der Waals surface area contributed by atoms with E-state index in [1.165, 1.54) is 37.2 Å². The molecule has 6 rings (SSSR count). The number of ether oxygens (including phenoxy) is 7. The van der Waals surface area contributed by atoms with E-state index in [9.17, 15) is 19.2 Å². The monoisotopic (exact) mass is 876 g/mol. The molecule has 2 amide bonds. The molecule has 6 aromatic rings. The minimum absolute atomic E-state index is 0.151. The zero-order valence-corrected chi connectivity index (χ0v) is 37.3. The van der Waals surface area contributed by atoms with Gasteiger partial charge in [-0.05, 0) is 129 Å². The maximum absolute atomic E-state index is 13.4. The van der Waals surface area contributed by atoms with Crippen molar-refractivity contribution in [1.29, 1.82) is 0 Å². The van der Waals surface area contributed by atoms with Gasteiger partial charge < -0.3 is 43.0 Å². The molecular formula is C52H48N2O11. The summed E-state index contributed by atoms with van der Waals surface area (Å²) >= 11 is 0. The summed E-state index contributed by atoms with van der Waals surface area (Å²) in [6.07, 6.45) is 0. The van der Waals surface area contributed by atoms with Crippen molar-refractivity contribution in [1.82, 2.24) is 0 Å². The largest absolute Gasteiger partial charge is 0.496 e. The molecule has 0 unspecified atom stereocenters. The third kappa shape index (κ3) is 11.1. The average Bonchev–Trinajstić information content (AvgIpc) is 3.33. The molecule has 0 heterocycles. The van der Waals surface area contributed by atoms with E-state index in [4.69, 9.17) is 33.2 Å². The van der Waals surface area contributed by atoms with E-state index in [1.807, 2.05) is 45.0 Å². The van der Waals surface area contributed by atoms with Gasteiger partial charge in [-0.1, -0.05) is 11.8 Å². The van der Waals surface area contributed by atoms with Crippen LogP contribution in [0.2, 0.25) is 0 Å². The van der Waals surface area contributed by atoms with E-state index in [1.54, 1.807) is 105 Å². The lowest BCUT2D eigenvalue weighted by molar-refractivity contribution is 0.0721. The van der Waals surface area contributed by atoms with Crippen molar-refractivity contribution in [3.8, 4) is 52.1 Å². The summed E-state index contributed by atoms with van der Waals surface area (Å²) in [5.74, 6) is 7.03. The van der Waals surface area contributed by atoms with Crippen molar-refractivity contribution < 1.29 is 52.3 Å². The highest BCUT2D eigenvalue weighted by atomic mass is 16.5. The van der Waals surface area contributed by atoms with Gasteiger partial charge >= 0.3 is 11.9 Å². The Morgan fingerprint density at radius 3 is 1.26 bits per heavy atom. The van der Waals surface area contributed by atoms with Crippen molar-refractivity contribution >= 4 is 35.1 Å². The first kappa shape index (κ1) is 46.3. The van der Waals surface area contributed by atoms with Crippen LogP contribution >= 0.6 is 0 Å². The normalized spacial score (nSPS) is 10.4. The number of rotatable bonds is 15. The zero-order valence-electron chi connectivity index (χ0n) is 37.3. The third-order valence-corrected chi connectivity index (χ3v) is 10.1. The summed E-state index contributed by atoms with van der Waals surface area (Å²) < 4.78 is 38.5. The predicted molar refractivity (Wildman–Crippen MR) is 247 cm³/mol. The Bertz CT molecular complexity index is 2740. The highest BCUT2D eigenvalue weighted by molar-refractivity contribution is 6.06. The Hall–Kier alpha value is -8.24. The molecule has 0 aliphatic carbocycles. The second-order valence-corrected chi connectivity index (χ2v) is 14.3. The van der Waals surface area contributed by atoms with E-state index in [0.717, 1.165) is 16.7 Å². The number of benzene rings is 6. The van der Waals surface area contributed by atoms with E-state index in [-0.39, 0.29) is 40.2 Å². The van der Waals surface area contributed by atoms with Crippen molar-refractivity contribution in [2.24, 2.45) is 0 Å². The fourth-order valence-electron chi connectivity index (χ4n) is 6.56. The summed E-state index contributed by atoms with van der Waals surface area (Å²) in [6.45, 7) is 6.43. The quantitative estimate of drug-likeness (QED) is 0.0554. The minimum atomic E-state index is -0.666. The summed E-state index contributed by atoms with van der Waals surface area (Å²) in [5.41, 5.74) is 4.76. The van der Waals surface area contributed by atoms with Gasteiger partial charge in [0.25, 0.3) is 11.8 Å². The van der Waals surface area contributed by atoms with Crippen LogP contribution in [0, 0.1) is 18.8 Å². The molecule has 0 radical (unpaired) electrons. The van der Waals surface area contributed by atoms with Crippen molar-refractivity contribution in [3.63, 3.8) is 0 Å². The van der Waals surface area contributed by atoms with Crippen LogP contribution in [0.15, 0.2) is 121 Å². The van der Waals surface area contributed by atoms with E-state index < -0.39 is 11.9 Å². The molecule has 332 valence electrons. The van der Waals surface area contributed by atoms with Gasteiger partial charge in [0.05, 0.1) is 34.5 Å². The lowest BCUT2D eigenvalue weighted by atomic mass is 10.1. The number of hydrogen-bond donors (Lipinski definition) is 0. The number of carbonyl (C=O) groups excluding carboxylic acids is 4. The number of hydrogen-bond acceptors (Lipinski definition) is 11. The van der Waals surface area contributed by atoms with Gasteiger partial charge in [-0.3, -0.25) is 9.59 Å². The fraction of sp³-hybridized carbons (Fsp3) is 0.192. The van der Waals surface area contributed by atoms with Crippen molar-refractivity contribution in [2.45, 2.75) is 20.8 Å². The third-order valence-electron chi connectivity index (χ3n) is 10.1. The minimum Gasteiger partial charge on any atom is -0.496 e. The highest BCUT2D eigenvalue weighted by Crippen LogP contribution is 2.36. The van der Waals surface area contributed by atoms with E-state index in [0.29, 0.717) is 58.7 Å². The molecule has 0 spiro atoms. The molecule has 0 saturated carbocycles. The van der Waals surface area contributed by atoms with Gasteiger partial charge in [-0.25, -0.2) is 9.59 Å². The zero-order chi connectivity index (χ0) is 46.6. The number of esters is 2. The summed E-state index contributed by atoms with van der Waals surface area (Å²) in [6, 6.07) is 33.5. The van der Waals surface area contributed by atoms with E-state index in [2.05, 4.69) is 11.8 Å². The molecule has 0 saturated heterocycles. The molecule has 65 heavy (non-hydrogen) atoms. The molecule has 0 fully saturated rings. The van der Waals surface area contributed by atoms with E-state index >= 15 is 0 Å². The maximum atomic E-state index is 13.4. The van der Waals surface area contributed by atoms with Crippen LogP contribution in [0.5, 0.6) is 40.2 Å². The van der Waals surface area contributed by atoms with Crippen molar-refractivity contribution in [2.75, 3.05) is 58.4 Å². The summed E-state index contributed by atoms with van der Waals surface area (Å²) in [4.78, 5) is 55.9. The molecule has 6 aromatic carbocycles. The first-order chi connectivity index (χ1) is 31.4. The van der Waals surface area contributed by atoms with Crippen LogP contribution in [0.3, 0.4) is 0 Å². The van der Waals surface area contributed by atoms with Gasteiger partial charge in [-0.15, -0.1) is 0 Å². The first-order valence-electron chi connectivity index (χ1n) is 20.5. The molecule has 13 nitrogen and oxygen atoms in total. The van der Waals surface area contributed by atoms with Crippen LogP contribution in [0.1, 0.15) is 72.0 Å². The van der Waals surface area contributed by atoms with Crippen LogP contribution in [0.4, 0.5) is 11.4 Å². The molecule has 0 aromatic heterocycles. The molecule has 0 aliphatic rings. The Morgan fingerprint density at radius 2 is 0.862 bits per heavy atom. The second-order valence-electron chi connectivity index (χ2n) is 14.3. The van der Waals surface area contributed by atoms with Gasteiger partial charge in [0.2, 0.25) is 0 Å². The van der Waals surface area contributed by atoms with Gasteiger partial charge in [-0.2, -0.15) is 0 Å². The topological polar surface area (TPSA) is 139 Å². The molecule has 0 aliphatic heterocycles. The van der Waals surface area contributed by atoms with Crippen LogP contribution in [-0.2, 0) is 0 Å². The predicted octanol–water partition coefficient (Wildman–Crippen LogP) is 9.21.